The summed E-state index contributed by atoms with van der Waals surface area (Å²) in [6.45, 7) is 0.583. The van der Waals surface area contributed by atoms with Gasteiger partial charge in [-0.15, -0.1) is 0 Å². The third kappa shape index (κ3) is 3.12. The largest absolute Gasteiger partial charge is 0.465 e. The van der Waals surface area contributed by atoms with E-state index in [4.69, 9.17) is 10.8 Å². The third-order valence-electron chi connectivity index (χ3n) is 4.78. The van der Waals surface area contributed by atoms with Gasteiger partial charge >= 0.3 is 6.09 Å². The minimum absolute atomic E-state index is 0.426. The zero-order valence-electron chi connectivity index (χ0n) is 10.5. The molecule has 4 heteroatoms. The number of unbranched alkanes of at least 4 members (excludes halogenated alkanes) is 1. The summed E-state index contributed by atoms with van der Waals surface area (Å²) in [5.74, 6) is 0.783. The Kier molecular flexibility index (Phi) is 3.92. The predicted molar refractivity (Wildman–Crippen MR) is 66.9 cm³/mol. The van der Waals surface area contributed by atoms with E-state index in [-0.39, 0.29) is 0 Å². The molecule has 4 N–H and O–H groups in total. The van der Waals surface area contributed by atoms with Crippen LogP contribution in [-0.4, -0.2) is 23.8 Å². The lowest BCUT2D eigenvalue weighted by Gasteiger charge is -2.50. The molecular formula is C13H24N2O2. The van der Waals surface area contributed by atoms with Gasteiger partial charge in [0.25, 0.3) is 0 Å². The van der Waals surface area contributed by atoms with Crippen LogP contribution in [0.15, 0.2) is 0 Å². The summed E-state index contributed by atoms with van der Waals surface area (Å²) in [6.07, 6.45) is 8.91. The second kappa shape index (κ2) is 5.25. The number of carboxylic acid groups (broad SMARTS) is 1. The molecule has 3 fully saturated rings. The predicted octanol–water partition coefficient (Wildman–Crippen LogP) is 2.33. The fourth-order valence-corrected chi connectivity index (χ4v) is 3.72. The molecule has 3 rings (SSSR count). The highest BCUT2D eigenvalue weighted by atomic mass is 16.4. The van der Waals surface area contributed by atoms with Gasteiger partial charge < -0.3 is 16.2 Å². The highest BCUT2D eigenvalue weighted by molar-refractivity contribution is 5.64. The monoisotopic (exact) mass is 240 g/mol. The number of nitrogens with two attached hydrogens (primary N) is 1. The van der Waals surface area contributed by atoms with Crippen molar-refractivity contribution in [2.75, 3.05) is 6.54 Å². The van der Waals surface area contributed by atoms with Gasteiger partial charge in [-0.2, -0.15) is 0 Å². The zero-order valence-corrected chi connectivity index (χ0v) is 10.5. The molecule has 1 amide bonds. The van der Waals surface area contributed by atoms with Crippen molar-refractivity contribution >= 4 is 6.09 Å². The SMILES string of the molecule is NC1CC2(CCCCNC(=O)O)CCC1CC2. The van der Waals surface area contributed by atoms with Crippen LogP contribution in [0.1, 0.15) is 51.4 Å². The minimum atomic E-state index is -0.914. The first-order valence-electron chi connectivity index (χ1n) is 6.84. The number of hydrogen-bond donors (Lipinski definition) is 3. The average Bonchev–Trinajstić information content (AvgIpc) is 2.29. The summed E-state index contributed by atoms with van der Waals surface area (Å²) in [5, 5.41) is 10.9. The van der Waals surface area contributed by atoms with E-state index >= 15 is 0 Å². The summed E-state index contributed by atoms with van der Waals surface area (Å²) in [7, 11) is 0. The summed E-state index contributed by atoms with van der Waals surface area (Å²) < 4.78 is 0. The van der Waals surface area contributed by atoms with Crippen molar-refractivity contribution < 1.29 is 9.90 Å². The van der Waals surface area contributed by atoms with Gasteiger partial charge in [-0.3, -0.25) is 0 Å². The Bertz CT molecular complexity index is 273. The fourth-order valence-electron chi connectivity index (χ4n) is 3.72. The van der Waals surface area contributed by atoms with Crippen molar-refractivity contribution in [1.82, 2.24) is 5.32 Å². The molecular weight excluding hydrogens is 216 g/mol. The molecule has 0 radical (unpaired) electrons. The van der Waals surface area contributed by atoms with Crippen LogP contribution in [0.3, 0.4) is 0 Å². The van der Waals surface area contributed by atoms with Crippen LogP contribution >= 0.6 is 0 Å². The number of fused-ring (bicyclic) bond motifs is 3. The molecule has 0 saturated heterocycles. The van der Waals surface area contributed by atoms with Crippen LogP contribution in [-0.2, 0) is 0 Å². The fraction of sp³-hybridized carbons (Fsp3) is 0.923. The van der Waals surface area contributed by atoms with Gasteiger partial charge in [0.15, 0.2) is 0 Å². The number of nitrogens with one attached hydrogen (secondary N) is 1. The second-order valence-corrected chi connectivity index (χ2v) is 5.89. The topological polar surface area (TPSA) is 75.3 Å². The van der Waals surface area contributed by atoms with Crippen molar-refractivity contribution in [3.63, 3.8) is 0 Å². The van der Waals surface area contributed by atoms with Gasteiger partial charge in [0.2, 0.25) is 0 Å². The molecule has 98 valence electrons. The summed E-state index contributed by atoms with van der Waals surface area (Å²) >= 11 is 0. The van der Waals surface area contributed by atoms with Crippen LogP contribution in [0.4, 0.5) is 4.79 Å². The third-order valence-corrected chi connectivity index (χ3v) is 4.78. The van der Waals surface area contributed by atoms with E-state index < -0.39 is 6.09 Å². The lowest BCUT2D eigenvalue weighted by Crippen LogP contribution is -2.47. The standard InChI is InChI=1S/C13H24N2O2/c14-11-9-13(6-3-10(11)4-7-13)5-1-2-8-15-12(16)17/h10-11,15H,1-9,14H2,(H,16,17). The van der Waals surface area contributed by atoms with E-state index in [9.17, 15) is 4.79 Å². The van der Waals surface area contributed by atoms with Gasteiger partial charge in [0.1, 0.15) is 0 Å². The molecule has 3 aliphatic carbocycles. The molecule has 4 nitrogen and oxygen atoms in total. The average molecular weight is 240 g/mol. The quantitative estimate of drug-likeness (QED) is 0.646. The van der Waals surface area contributed by atoms with E-state index in [0.717, 1.165) is 18.8 Å². The Morgan fingerprint density at radius 3 is 2.65 bits per heavy atom. The molecule has 0 spiro atoms. The molecule has 0 aromatic rings. The summed E-state index contributed by atoms with van der Waals surface area (Å²) in [4.78, 5) is 10.3. The Balaban J connectivity index is 1.69. The van der Waals surface area contributed by atoms with Gasteiger partial charge in [0.05, 0.1) is 0 Å². The van der Waals surface area contributed by atoms with Gasteiger partial charge in [0, 0.05) is 12.6 Å². The number of rotatable bonds is 5. The molecule has 1 atom stereocenters. The van der Waals surface area contributed by atoms with Crippen molar-refractivity contribution in [2.24, 2.45) is 17.1 Å². The Morgan fingerprint density at radius 2 is 2.06 bits per heavy atom. The maximum Gasteiger partial charge on any atom is 0.404 e. The van der Waals surface area contributed by atoms with Gasteiger partial charge in [-0.25, -0.2) is 4.79 Å². The molecule has 0 heterocycles. The first-order valence-corrected chi connectivity index (χ1v) is 6.84. The van der Waals surface area contributed by atoms with Crippen LogP contribution in [0.5, 0.6) is 0 Å². The summed E-state index contributed by atoms with van der Waals surface area (Å²) in [5.41, 5.74) is 6.68. The Morgan fingerprint density at radius 1 is 1.35 bits per heavy atom. The minimum Gasteiger partial charge on any atom is -0.465 e. The van der Waals surface area contributed by atoms with Crippen LogP contribution in [0, 0.1) is 11.3 Å². The van der Waals surface area contributed by atoms with E-state index in [1.807, 2.05) is 0 Å². The molecule has 3 aliphatic rings. The number of hydrogen-bond acceptors (Lipinski definition) is 2. The highest BCUT2D eigenvalue weighted by Gasteiger charge is 2.43. The Hall–Kier alpha value is -0.770. The molecule has 1 unspecified atom stereocenters. The van der Waals surface area contributed by atoms with Crippen LogP contribution in [0.25, 0.3) is 0 Å². The summed E-state index contributed by atoms with van der Waals surface area (Å²) in [6, 6.07) is 0.426. The highest BCUT2D eigenvalue weighted by Crippen LogP contribution is 2.52. The lowest BCUT2D eigenvalue weighted by molar-refractivity contribution is 0.0365. The van der Waals surface area contributed by atoms with Crippen molar-refractivity contribution in [2.45, 2.75) is 57.4 Å². The van der Waals surface area contributed by atoms with Crippen LogP contribution < -0.4 is 11.1 Å². The smallest absolute Gasteiger partial charge is 0.404 e. The second-order valence-electron chi connectivity index (χ2n) is 5.89. The van der Waals surface area contributed by atoms with Crippen molar-refractivity contribution in [1.29, 1.82) is 0 Å². The molecule has 0 aromatic carbocycles. The lowest BCUT2D eigenvalue weighted by atomic mass is 9.57. The van der Waals surface area contributed by atoms with Crippen molar-refractivity contribution in [3.8, 4) is 0 Å². The zero-order chi connectivity index (χ0) is 12.3. The molecule has 0 aromatic heterocycles. The van der Waals surface area contributed by atoms with E-state index in [1.165, 1.54) is 38.5 Å². The van der Waals surface area contributed by atoms with E-state index in [0.29, 0.717) is 18.0 Å². The maximum atomic E-state index is 10.3. The molecule has 2 bridgehead atoms. The van der Waals surface area contributed by atoms with E-state index in [1.54, 1.807) is 0 Å². The molecule has 0 aliphatic heterocycles. The molecule has 3 saturated carbocycles. The Labute approximate surface area is 103 Å². The maximum absolute atomic E-state index is 10.3. The van der Waals surface area contributed by atoms with Crippen molar-refractivity contribution in [3.05, 3.63) is 0 Å². The molecule has 17 heavy (non-hydrogen) atoms. The van der Waals surface area contributed by atoms with E-state index in [2.05, 4.69) is 5.32 Å². The van der Waals surface area contributed by atoms with Crippen LogP contribution in [0.2, 0.25) is 0 Å². The van der Waals surface area contributed by atoms with Gasteiger partial charge in [-0.05, 0) is 56.3 Å². The first kappa shape index (κ1) is 12.7. The number of carbonyl (C=O) groups is 1. The number of amides is 1. The normalized spacial score (nSPS) is 35.8. The first-order chi connectivity index (χ1) is 8.11. The van der Waals surface area contributed by atoms with Gasteiger partial charge in [-0.1, -0.05) is 6.42 Å².